The Labute approximate surface area is 274 Å². The maximum Gasteiger partial charge on any atom is 0.159 e. The molecule has 6 heteroatoms. The summed E-state index contributed by atoms with van der Waals surface area (Å²) in [5.74, 6) is 1.38. The van der Waals surface area contributed by atoms with Crippen LogP contribution in [0.2, 0.25) is 0 Å². The summed E-state index contributed by atoms with van der Waals surface area (Å²) in [6.45, 7) is 0. The van der Waals surface area contributed by atoms with Gasteiger partial charge < -0.3 is 14.2 Å². The molecule has 0 spiro atoms. The molecule has 0 saturated carbocycles. The molecule has 1 unspecified atom stereocenters. The lowest BCUT2D eigenvalue weighted by Crippen LogP contribution is -2.33. The number of aliphatic imine (C=N–C) groups is 2. The van der Waals surface area contributed by atoms with Crippen LogP contribution in [0.25, 0.3) is 65.8 Å². The zero-order valence-electron chi connectivity index (χ0n) is 25.6. The first-order valence-corrected chi connectivity index (χ1v) is 16.0. The third-order valence-corrected chi connectivity index (χ3v) is 9.22. The average Bonchev–Trinajstić information content (AvgIpc) is 3.73. The van der Waals surface area contributed by atoms with Crippen molar-refractivity contribution < 1.29 is 8.83 Å². The van der Waals surface area contributed by atoms with Crippen molar-refractivity contribution in [1.29, 1.82) is 0 Å². The Morgan fingerprint density at radius 3 is 2.15 bits per heavy atom. The van der Waals surface area contributed by atoms with Crippen molar-refractivity contribution in [2.75, 3.05) is 0 Å². The van der Waals surface area contributed by atoms with E-state index in [9.17, 15) is 0 Å². The van der Waals surface area contributed by atoms with Crippen LogP contribution in [-0.2, 0) is 0 Å². The number of nitrogens with zero attached hydrogens (tertiary/aromatic N) is 3. The molecule has 1 N–H and O–H groups in total. The quantitative estimate of drug-likeness (QED) is 0.213. The highest BCUT2D eigenvalue weighted by molar-refractivity contribution is 6.24. The number of rotatable bonds is 4. The molecule has 0 aliphatic carbocycles. The van der Waals surface area contributed by atoms with Crippen molar-refractivity contribution >= 4 is 66.3 Å². The van der Waals surface area contributed by atoms with Gasteiger partial charge in [0.2, 0.25) is 0 Å². The van der Waals surface area contributed by atoms with E-state index in [0.29, 0.717) is 5.84 Å². The normalized spacial score (nSPS) is 14.9. The van der Waals surface area contributed by atoms with Crippen molar-refractivity contribution in [2.24, 2.45) is 9.98 Å². The summed E-state index contributed by atoms with van der Waals surface area (Å²) in [5, 5.41) is 9.97. The van der Waals surface area contributed by atoms with E-state index in [0.717, 1.165) is 82.9 Å². The van der Waals surface area contributed by atoms with Gasteiger partial charge >= 0.3 is 0 Å². The number of amidine groups is 2. The number of hydrogen-bond donors (Lipinski definition) is 1. The van der Waals surface area contributed by atoms with Crippen molar-refractivity contribution in [1.82, 2.24) is 10.3 Å². The molecule has 0 bridgehead atoms. The van der Waals surface area contributed by atoms with Crippen LogP contribution in [-0.4, -0.2) is 16.7 Å². The minimum atomic E-state index is -0.320. The topological polar surface area (TPSA) is 75.9 Å². The van der Waals surface area contributed by atoms with E-state index in [1.54, 1.807) is 6.20 Å². The molecule has 10 rings (SSSR count). The van der Waals surface area contributed by atoms with Crippen molar-refractivity contribution in [2.45, 2.75) is 6.17 Å². The lowest BCUT2D eigenvalue weighted by atomic mass is 9.96. The van der Waals surface area contributed by atoms with E-state index in [1.165, 1.54) is 5.39 Å². The van der Waals surface area contributed by atoms with Gasteiger partial charge in [0, 0.05) is 56.2 Å². The molecule has 6 aromatic carbocycles. The number of hydrogen-bond acceptors (Lipinski definition) is 6. The Morgan fingerprint density at radius 2 is 1.29 bits per heavy atom. The van der Waals surface area contributed by atoms with E-state index in [1.807, 2.05) is 60.8 Å². The second-order valence-corrected chi connectivity index (χ2v) is 12.1. The van der Waals surface area contributed by atoms with Crippen molar-refractivity contribution in [3.8, 4) is 11.1 Å². The van der Waals surface area contributed by atoms with Gasteiger partial charge in [0.1, 0.15) is 34.3 Å². The molecule has 226 valence electrons. The van der Waals surface area contributed by atoms with Crippen LogP contribution in [0.3, 0.4) is 0 Å². The predicted octanol–water partition coefficient (Wildman–Crippen LogP) is 10.2. The molecule has 9 aromatic rings. The summed E-state index contributed by atoms with van der Waals surface area (Å²) in [6, 6.07) is 45.5. The van der Waals surface area contributed by atoms with Gasteiger partial charge in [-0.15, -0.1) is 0 Å². The Kier molecular flexibility index (Phi) is 5.84. The first-order valence-electron chi connectivity index (χ1n) is 16.0. The molecule has 3 aromatic heterocycles. The molecule has 4 heterocycles. The van der Waals surface area contributed by atoms with Crippen LogP contribution in [0, 0.1) is 0 Å². The molecule has 0 amide bonds. The number of furan rings is 2. The minimum Gasteiger partial charge on any atom is -0.455 e. The van der Waals surface area contributed by atoms with Crippen LogP contribution in [0.4, 0.5) is 0 Å². The van der Waals surface area contributed by atoms with E-state index in [-0.39, 0.29) is 6.17 Å². The Balaban J connectivity index is 1.21. The van der Waals surface area contributed by atoms with Crippen LogP contribution in [0.5, 0.6) is 0 Å². The Hall–Kier alpha value is -6.53. The lowest BCUT2D eigenvalue weighted by Gasteiger charge is -2.24. The van der Waals surface area contributed by atoms with Crippen LogP contribution in [0.15, 0.2) is 165 Å². The number of benzene rings is 6. The SMILES string of the molecule is c1ccc(C2=NC(c3ccccc3)NC(c3ccc(-c4cccc5c4oc4cc6ccccc6cc45)c4oc5ccncc5c34)=N2)cc1. The van der Waals surface area contributed by atoms with Gasteiger partial charge in [0.05, 0.1) is 0 Å². The number of nitrogens with one attached hydrogen (secondary N) is 1. The summed E-state index contributed by atoms with van der Waals surface area (Å²) in [4.78, 5) is 14.6. The third kappa shape index (κ3) is 4.16. The molecular formula is C42H26N4O2. The van der Waals surface area contributed by atoms with Gasteiger partial charge in [-0.1, -0.05) is 103 Å². The minimum absolute atomic E-state index is 0.320. The summed E-state index contributed by atoms with van der Waals surface area (Å²) in [6.07, 6.45) is 3.31. The fourth-order valence-corrected chi connectivity index (χ4v) is 6.94. The standard InChI is InChI=1S/C42H26N4O2/c1-3-10-25(11-4-1)40-44-41(26-12-5-2-6-13-26)46-42(45-40)32-19-18-31(39-37(32)34-24-43-21-20-35(34)47-39)29-16-9-17-30-33-22-27-14-7-8-15-28(27)23-36(33)48-38(29)30/h1-24,40H,(H,44,45,46). The maximum atomic E-state index is 6.68. The fraction of sp³-hybridized carbons (Fsp3) is 0.0238. The smallest absolute Gasteiger partial charge is 0.159 e. The monoisotopic (exact) mass is 618 g/mol. The highest BCUT2D eigenvalue weighted by Crippen LogP contribution is 2.43. The Morgan fingerprint density at radius 1 is 0.562 bits per heavy atom. The first-order chi connectivity index (χ1) is 23.8. The molecular weight excluding hydrogens is 592 g/mol. The van der Waals surface area contributed by atoms with Gasteiger partial charge in [0.25, 0.3) is 0 Å². The molecule has 48 heavy (non-hydrogen) atoms. The molecule has 6 nitrogen and oxygen atoms in total. The van der Waals surface area contributed by atoms with Gasteiger partial charge in [-0.2, -0.15) is 0 Å². The number of aromatic nitrogens is 1. The van der Waals surface area contributed by atoms with Gasteiger partial charge in [-0.25, -0.2) is 9.98 Å². The number of para-hydroxylation sites is 1. The van der Waals surface area contributed by atoms with Crippen LogP contribution >= 0.6 is 0 Å². The summed E-state index contributed by atoms with van der Waals surface area (Å²) in [5.41, 5.74) is 8.00. The first kappa shape index (κ1) is 26.7. The average molecular weight is 619 g/mol. The van der Waals surface area contributed by atoms with Gasteiger partial charge in [-0.05, 0) is 46.7 Å². The molecule has 0 fully saturated rings. The molecule has 0 radical (unpaired) electrons. The van der Waals surface area contributed by atoms with E-state index >= 15 is 0 Å². The van der Waals surface area contributed by atoms with Crippen LogP contribution < -0.4 is 5.32 Å². The summed E-state index contributed by atoms with van der Waals surface area (Å²) >= 11 is 0. The predicted molar refractivity (Wildman–Crippen MR) is 194 cm³/mol. The van der Waals surface area contributed by atoms with E-state index < -0.39 is 0 Å². The van der Waals surface area contributed by atoms with Crippen LogP contribution in [0.1, 0.15) is 22.9 Å². The maximum absolute atomic E-state index is 6.68. The highest BCUT2D eigenvalue weighted by atomic mass is 16.3. The summed E-state index contributed by atoms with van der Waals surface area (Å²) < 4.78 is 13.3. The van der Waals surface area contributed by atoms with Crippen molar-refractivity contribution in [3.63, 3.8) is 0 Å². The van der Waals surface area contributed by atoms with E-state index in [4.69, 9.17) is 18.8 Å². The Bertz CT molecular complexity index is 2760. The molecule has 1 atom stereocenters. The second-order valence-electron chi connectivity index (χ2n) is 12.1. The summed E-state index contributed by atoms with van der Waals surface area (Å²) in [7, 11) is 0. The lowest BCUT2D eigenvalue weighted by molar-refractivity contribution is 0.664. The molecule has 0 saturated heterocycles. The zero-order valence-corrected chi connectivity index (χ0v) is 25.6. The third-order valence-electron chi connectivity index (χ3n) is 9.22. The number of fused-ring (bicyclic) bond motifs is 7. The zero-order chi connectivity index (χ0) is 31.6. The number of pyridine rings is 1. The van der Waals surface area contributed by atoms with Gasteiger partial charge in [-0.3, -0.25) is 4.98 Å². The second kappa shape index (κ2) is 10.5. The molecule has 1 aliphatic rings. The molecule has 1 aliphatic heterocycles. The van der Waals surface area contributed by atoms with Crippen molar-refractivity contribution in [3.05, 3.63) is 163 Å². The van der Waals surface area contributed by atoms with Gasteiger partial charge in [0.15, 0.2) is 5.84 Å². The fourth-order valence-electron chi connectivity index (χ4n) is 6.94. The largest absolute Gasteiger partial charge is 0.455 e. The van der Waals surface area contributed by atoms with E-state index in [2.05, 4.69) is 89.2 Å². The highest BCUT2D eigenvalue weighted by Gasteiger charge is 2.26.